The van der Waals surface area contributed by atoms with Gasteiger partial charge in [0.2, 0.25) is 0 Å². The van der Waals surface area contributed by atoms with E-state index in [9.17, 15) is 0 Å². The molecule has 0 aliphatic carbocycles. The molecule has 0 bridgehead atoms. The summed E-state index contributed by atoms with van der Waals surface area (Å²) >= 11 is 0.418. The summed E-state index contributed by atoms with van der Waals surface area (Å²) in [7, 11) is 0. The third-order valence-corrected chi connectivity index (χ3v) is 17.6. The van der Waals surface area contributed by atoms with Gasteiger partial charge in [-0.1, -0.05) is 0 Å². The topological polar surface area (TPSA) is 35.0 Å². The summed E-state index contributed by atoms with van der Waals surface area (Å²) in [5, 5.41) is 10.4. The predicted molar refractivity (Wildman–Crippen MR) is 280 cm³/mol. The fourth-order valence-electron chi connectivity index (χ4n) is 9.38. The third kappa shape index (κ3) is 9.17. The Kier molecular flexibility index (Phi) is 12.1. The number of hydrogen-bond acceptors (Lipinski definition) is 3. The largest absolute Gasteiger partial charge is 2.00 e. The number of nitrogens with zero attached hydrogens (tertiary/aromatic N) is 2. The smallest absolute Gasteiger partial charge is 2.00 e. The van der Waals surface area contributed by atoms with Gasteiger partial charge in [-0.05, 0) is 0 Å². The van der Waals surface area contributed by atoms with Crippen molar-refractivity contribution >= 4 is 89.1 Å². The van der Waals surface area contributed by atoms with E-state index in [0.29, 0.717) is 11.5 Å². The van der Waals surface area contributed by atoms with Crippen molar-refractivity contribution in [3.63, 3.8) is 0 Å². The maximum Gasteiger partial charge on any atom is 2.00 e. The van der Waals surface area contributed by atoms with Crippen LogP contribution in [0.5, 0.6) is 11.5 Å². The second-order valence-corrected chi connectivity index (χ2v) is 27.0. The molecule has 4 heterocycles. The quantitative estimate of drug-likeness (QED) is 0.123. The van der Waals surface area contributed by atoms with Gasteiger partial charge < -0.3 is 0 Å². The minimum atomic E-state index is -0.145. The van der Waals surface area contributed by atoms with Gasteiger partial charge in [0.05, 0.1) is 0 Å². The second kappa shape index (κ2) is 17.0. The van der Waals surface area contributed by atoms with E-state index in [1.807, 2.05) is 12.4 Å². The Morgan fingerprint density at radius 3 is 1.20 bits per heavy atom. The van der Waals surface area contributed by atoms with Gasteiger partial charge in [0.25, 0.3) is 0 Å². The molecule has 4 aromatic heterocycles. The molecule has 0 aliphatic rings. The molecule has 0 saturated heterocycles. The van der Waals surface area contributed by atoms with Gasteiger partial charge in [-0.2, -0.15) is 0 Å². The minimum Gasteiger partial charge on any atom is 2.00 e. The number of hydrogen-bond donors (Lipinski definition) is 0. The Morgan fingerprint density at radius 1 is 0.439 bits per heavy atom. The normalized spacial score (nSPS) is 12.8. The van der Waals surface area contributed by atoms with Crippen LogP contribution in [0.3, 0.4) is 0 Å². The van der Waals surface area contributed by atoms with E-state index in [0.717, 1.165) is 57.3 Å². The van der Waals surface area contributed by atoms with E-state index in [2.05, 4.69) is 192 Å². The van der Waals surface area contributed by atoms with Gasteiger partial charge in [0.15, 0.2) is 0 Å². The first-order valence-corrected chi connectivity index (χ1v) is 26.4. The number of fused-ring (bicyclic) bond motifs is 10. The zero-order valence-corrected chi connectivity index (χ0v) is 45.9. The van der Waals surface area contributed by atoms with Crippen LogP contribution in [0.2, 0.25) is 0 Å². The number of ether oxygens (including phenoxy) is 1. The van der Waals surface area contributed by atoms with Crippen molar-refractivity contribution in [1.29, 1.82) is 0 Å². The molecule has 3 nitrogen and oxygen atoms in total. The molecule has 10 aromatic rings. The molecule has 0 atom stereocenters. The molecule has 0 unspecified atom stereocenters. The van der Waals surface area contributed by atoms with Crippen molar-refractivity contribution in [3.05, 3.63) is 144 Å². The number of benzene rings is 6. The Hall–Kier alpha value is -4.33. The van der Waals surface area contributed by atoms with Crippen LogP contribution in [0.1, 0.15) is 105 Å². The Morgan fingerprint density at radius 2 is 0.818 bits per heavy atom. The molecule has 0 aliphatic heterocycles. The summed E-state index contributed by atoms with van der Waals surface area (Å²) in [5.41, 5.74) is 9.03. The summed E-state index contributed by atoms with van der Waals surface area (Å²) in [5.74, 6) is 1.30. The number of rotatable bonds is 6. The Bertz CT molecular complexity index is 3280. The van der Waals surface area contributed by atoms with E-state index in [1.165, 1.54) is 60.5 Å². The van der Waals surface area contributed by atoms with Gasteiger partial charge in [0, 0.05) is 0 Å². The molecule has 10 rings (SSSR count). The zero-order valence-electron chi connectivity index (χ0n) is 40.2. The molecule has 6 heteroatoms. The van der Waals surface area contributed by atoms with Gasteiger partial charge in [0.1, 0.15) is 0 Å². The maximum absolute atomic E-state index is 6.96. The van der Waals surface area contributed by atoms with Crippen molar-refractivity contribution in [2.75, 3.05) is 0 Å². The van der Waals surface area contributed by atoms with Crippen LogP contribution in [0, 0.1) is 23.0 Å². The zero-order chi connectivity index (χ0) is 45.8. The molecular formula is C60H58N2OPtSe2. The van der Waals surface area contributed by atoms with E-state index in [4.69, 9.17) is 14.7 Å². The molecule has 336 valence electrons. The Labute approximate surface area is 417 Å². The minimum absolute atomic E-state index is 0. The fourth-order valence-corrected chi connectivity index (χ4v) is 14.5. The standard InChI is InChI=1S/C60H58N2OSe2.Pt/c1-57(2,3)33-35-13-19-51-49(25-35)45-17-15-43-47(55(45)64-51)21-23-61-53(43)37-27-39(59(7,8)9)31-41(29-37)63-42-30-38(28-40(32-42)60(10,11)12)54-44-16-18-46-50-26-36(34-58(4,5)6)14-20-52(50)65-56(46)48(44)22-24-62-54;/h13-28,31-32H,33-34H2,1-12H3;/q-2;+2. The molecule has 0 spiro atoms. The monoisotopic (exact) mass is 1180 g/mol. The Balaban J connectivity index is 0.00000548. The summed E-state index contributed by atoms with van der Waals surface area (Å²) in [6.07, 6.45) is 6.07. The van der Waals surface area contributed by atoms with Crippen LogP contribution in [0.25, 0.3) is 82.6 Å². The summed E-state index contributed by atoms with van der Waals surface area (Å²) < 4.78 is 12.8. The van der Waals surface area contributed by atoms with Gasteiger partial charge in [-0.15, -0.1) is 0 Å². The molecule has 0 N–H and O–H groups in total. The van der Waals surface area contributed by atoms with E-state index in [1.54, 1.807) is 0 Å². The van der Waals surface area contributed by atoms with Crippen LogP contribution in [-0.2, 0) is 44.7 Å². The maximum atomic E-state index is 6.96. The van der Waals surface area contributed by atoms with Crippen molar-refractivity contribution in [1.82, 2.24) is 9.97 Å². The first-order chi connectivity index (χ1) is 30.6. The van der Waals surface area contributed by atoms with E-state index < -0.39 is 0 Å². The average Bonchev–Trinajstić information content (AvgIpc) is 3.79. The van der Waals surface area contributed by atoms with Crippen LogP contribution >= 0.6 is 0 Å². The predicted octanol–water partition coefficient (Wildman–Crippen LogP) is 16.0. The van der Waals surface area contributed by atoms with Crippen LogP contribution in [-0.4, -0.2) is 39.0 Å². The van der Waals surface area contributed by atoms with Crippen LogP contribution in [0.4, 0.5) is 0 Å². The molecule has 0 saturated carbocycles. The van der Waals surface area contributed by atoms with Gasteiger partial charge in [-0.25, -0.2) is 0 Å². The fraction of sp³-hybridized carbons (Fsp3) is 0.300. The van der Waals surface area contributed by atoms with E-state index >= 15 is 0 Å². The molecular weight excluding hydrogens is 1120 g/mol. The SMILES string of the molecule is CC(C)(C)Cc1ccc2[se]c3c4ccnc(-c5[c-]c(Oc6[c-]c(-c7nccc8c7ccc7c9cc(CC(C)(C)C)ccc9[se]c87)cc(C(C)(C)C)c6)cc(C(C)(C)C)c5)c4ccc3c2c1.[Pt+2]. The molecule has 0 amide bonds. The first kappa shape index (κ1) is 46.8. The second-order valence-electron chi connectivity index (χ2n) is 22.6. The van der Waals surface area contributed by atoms with E-state index in [-0.39, 0.29) is 71.7 Å². The van der Waals surface area contributed by atoms with Gasteiger partial charge in [-0.3, -0.25) is 0 Å². The first-order valence-electron chi connectivity index (χ1n) is 23.0. The number of aromatic nitrogens is 2. The van der Waals surface area contributed by atoms with Gasteiger partial charge >= 0.3 is 420 Å². The van der Waals surface area contributed by atoms with Crippen molar-refractivity contribution in [3.8, 4) is 34.0 Å². The van der Waals surface area contributed by atoms with Crippen LogP contribution in [0.15, 0.2) is 109 Å². The van der Waals surface area contributed by atoms with Crippen LogP contribution < -0.4 is 4.74 Å². The molecule has 0 radical (unpaired) electrons. The van der Waals surface area contributed by atoms with Crippen molar-refractivity contribution in [2.24, 2.45) is 10.8 Å². The summed E-state index contributed by atoms with van der Waals surface area (Å²) in [6.45, 7) is 27.4. The summed E-state index contributed by atoms with van der Waals surface area (Å²) in [6, 6.07) is 44.2. The van der Waals surface area contributed by atoms with Crippen molar-refractivity contribution in [2.45, 2.75) is 107 Å². The average molecular weight is 1180 g/mol. The number of pyridine rings is 2. The van der Waals surface area contributed by atoms with Crippen molar-refractivity contribution < 1.29 is 25.8 Å². The molecule has 66 heavy (non-hydrogen) atoms. The third-order valence-electron chi connectivity index (χ3n) is 12.5. The summed E-state index contributed by atoms with van der Waals surface area (Å²) in [4.78, 5) is 10.1. The molecule has 0 fully saturated rings. The molecule has 6 aromatic carbocycles.